The van der Waals surface area contributed by atoms with E-state index in [1.807, 2.05) is 13.8 Å². The molecule has 0 saturated carbocycles. The Labute approximate surface area is 197 Å². The number of benzene rings is 3. The van der Waals surface area contributed by atoms with Gasteiger partial charge in [-0.2, -0.15) is 8.42 Å². The molecule has 0 bridgehead atoms. The minimum Gasteiger partial charge on any atom is -0.454 e. The first-order valence-corrected chi connectivity index (χ1v) is 12.1. The van der Waals surface area contributed by atoms with Gasteiger partial charge in [0.2, 0.25) is 6.79 Å². The molecule has 0 fully saturated rings. The second kappa shape index (κ2) is 9.72. The van der Waals surface area contributed by atoms with E-state index in [4.69, 9.17) is 13.7 Å². The third kappa shape index (κ3) is 5.48. The quantitative estimate of drug-likeness (QED) is 0.433. The molecule has 0 N–H and O–H groups in total. The van der Waals surface area contributed by atoms with E-state index in [9.17, 15) is 17.6 Å². The maximum atomic E-state index is 13.3. The Hall–Kier alpha value is -3.59. The van der Waals surface area contributed by atoms with Gasteiger partial charge in [-0.25, -0.2) is 4.39 Å². The fourth-order valence-corrected chi connectivity index (χ4v) is 4.49. The van der Waals surface area contributed by atoms with E-state index in [2.05, 4.69) is 0 Å². The largest absolute Gasteiger partial charge is 0.454 e. The van der Waals surface area contributed by atoms with Crippen LogP contribution >= 0.6 is 0 Å². The van der Waals surface area contributed by atoms with Gasteiger partial charge in [-0.3, -0.25) is 4.79 Å². The van der Waals surface area contributed by atoms with E-state index >= 15 is 0 Å². The predicted molar refractivity (Wildman–Crippen MR) is 123 cm³/mol. The number of carbonyl (C=O) groups excluding carboxylic acids is 1. The van der Waals surface area contributed by atoms with Crippen molar-refractivity contribution in [1.82, 2.24) is 4.90 Å². The van der Waals surface area contributed by atoms with Crippen molar-refractivity contribution in [3.63, 3.8) is 0 Å². The van der Waals surface area contributed by atoms with Crippen molar-refractivity contribution in [3.8, 4) is 17.2 Å². The molecule has 1 aliphatic heterocycles. The SMILES string of the molecule is CC(C)CN(Cc1cccc(OS(=O)(=O)c2ccc(F)cc2)c1)C(=O)c1ccc2c(c1)OCO2. The lowest BCUT2D eigenvalue weighted by atomic mass is 10.1. The maximum Gasteiger partial charge on any atom is 0.339 e. The molecular weight excluding hydrogens is 461 g/mol. The Kier molecular flexibility index (Phi) is 6.74. The number of carbonyl (C=O) groups is 1. The van der Waals surface area contributed by atoms with E-state index in [1.165, 1.54) is 6.07 Å². The van der Waals surface area contributed by atoms with E-state index in [1.54, 1.807) is 41.3 Å². The molecule has 178 valence electrons. The smallest absolute Gasteiger partial charge is 0.339 e. The van der Waals surface area contributed by atoms with Crippen LogP contribution in [0.3, 0.4) is 0 Å². The molecule has 0 spiro atoms. The molecule has 0 radical (unpaired) electrons. The van der Waals surface area contributed by atoms with Crippen LogP contribution in [0, 0.1) is 11.7 Å². The first kappa shape index (κ1) is 23.6. The van der Waals surface area contributed by atoms with Gasteiger partial charge in [0.15, 0.2) is 11.5 Å². The zero-order valence-electron chi connectivity index (χ0n) is 18.7. The van der Waals surface area contributed by atoms with Gasteiger partial charge < -0.3 is 18.6 Å². The predicted octanol–water partition coefficient (Wildman–Crippen LogP) is 4.62. The van der Waals surface area contributed by atoms with Crippen molar-refractivity contribution in [1.29, 1.82) is 0 Å². The van der Waals surface area contributed by atoms with Crippen molar-refractivity contribution >= 4 is 16.0 Å². The second-order valence-corrected chi connectivity index (χ2v) is 9.83. The highest BCUT2D eigenvalue weighted by Gasteiger charge is 2.22. The van der Waals surface area contributed by atoms with Crippen LogP contribution in [0.2, 0.25) is 0 Å². The molecule has 0 aromatic heterocycles. The maximum absolute atomic E-state index is 13.3. The highest BCUT2D eigenvalue weighted by molar-refractivity contribution is 7.87. The second-order valence-electron chi connectivity index (χ2n) is 8.29. The average Bonchev–Trinajstić information content (AvgIpc) is 3.26. The normalized spacial score (nSPS) is 12.6. The highest BCUT2D eigenvalue weighted by Crippen LogP contribution is 2.33. The Balaban J connectivity index is 1.54. The number of halogens is 1. The van der Waals surface area contributed by atoms with Crippen LogP contribution < -0.4 is 13.7 Å². The molecule has 7 nitrogen and oxygen atoms in total. The zero-order chi connectivity index (χ0) is 24.3. The summed E-state index contributed by atoms with van der Waals surface area (Å²) in [6.45, 7) is 4.88. The molecule has 0 saturated heterocycles. The Morgan fingerprint density at radius 1 is 1.03 bits per heavy atom. The number of fused-ring (bicyclic) bond motifs is 1. The zero-order valence-corrected chi connectivity index (χ0v) is 19.5. The molecule has 34 heavy (non-hydrogen) atoms. The number of ether oxygens (including phenoxy) is 2. The van der Waals surface area contributed by atoms with E-state index in [-0.39, 0.29) is 35.8 Å². The van der Waals surface area contributed by atoms with Gasteiger partial charge in [0, 0.05) is 18.7 Å². The van der Waals surface area contributed by atoms with Gasteiger partial charge in [-0.05, 0) is 66.1 Å². The van der Waals surface area contributed by atoms with Crippen molar-refractivity contribution in [3.05, 3.63) is 83.7 Å². The fourth-order valence-electron chi connectivity index (χ4n) is 3.56. The molecule has 0 unspecified atom stereocenters. The lowest BCUT2D eigenvalue weighted by Gasteiger charge is -2.25. The van der Waals surface area contributed by atoms with Gasteiger partial charge >= 0.3 is 10.1 Å². The van der Waals surface area contributed by atoms with Gasteiger partial charge in [0.25, 0.3) is 5.91 Å². The number of rotatable bonds is 8. The Morgan fingerprint density at radius 3 is 2.50 bits per heavy atom. The summed E-state index contributed by atoms with van der Waals surface area (Å²) in [7, 11) is -4.13. The highest BCUT2D eigenvalue weighted by atomic mass is 32.2. The molecule has 3 aromatic carbocycles. The molecule has 4 rings (SSSR count). The molecule has 1 aliphatic rings. The molecule has 9 heteroatoms. The van der Waals surface area contributed by atoms with E-state index < -0.39 is 15.9 Å². The van der Waals surface area contributed by atoms with Crippen LogP contribution in [-0.4, -0.2) is 32.6 Å². The van der Waals surface area contributed by atoms with Crippen LogP contribution in [0.4, 0.5) is 4.39 Å². The standard InChI is InChI=1S/C25H24FNO6S/c1-17(2)14-27(25(28)19-6-11-23-24(13-19)32-16-31-23)15-18-4-3-5-21(12-18)33-34(29,30)22-9-7-20(26)8-10-22/h3-13,17H,14-16H2,1-2H3. The lowest BCUT2D eigenvalue weighted by Crippen LogP contribution is -2.33. The summed E-state index contributed by atoms with van der Waals surface area (Å²) < 4.78 is 54.2. The van der Waals surface area contributed by atoms with Crippen molar-refractivity contribution in [2.45, 2.75) is 25.3 Å². The van der Waals surface area contributed by atoms with E-state index in [0.29, 0.717) is 29.2 Å². The molecule has 3 aromatic rings. The van der Waals surface area contributed by atoms with Gasteiger partial charge in [0.05, 0.1) is 0 Å². The third-order valence-corrected chi connectivity index (χ3v) is 6.33. The van der Waals surface area contributed by atoms with Crippen molar-refractivity contribution in [2.24, 2.45) is 5.92 Å². The fraction of sp³-hybridized carbons (Fsp3) is 0.240. The number of nitrogens with zero attached hydrogens (tertiary/aromatic N) is 1. The lowest BCUT2D eigenvalue weighted by molar-refractivity contribution is 0.0722. The van der Waals surface area contributed by atoms with Crippen LogP contribution in [0.1, 0.15) is 29.8 Å². The van der Waals surface area contributed by atoms with Crippen molar-refractivity contribution in [2.75, 3.05) is 13.3 Å². The van der Waals surface area contributed by atoms with Gasteiger partial charge in [-0.15, -0.1) is 0 Å². The number of amides is 1. The summed E-state index contributed by atoms with van der Waals surface area (Å²) in [4.78, 5) is 14.8. The summed E-state index contributed by atoms with van der Waals surface area (Å²) in [6, 6.07) is 16.0. The van der Waals surface area contributed by atoms with E-state index in [0.717, 1.165) is 24.3 Å². The summed E-state index contributed by atoms with van der Waals surface area (Å²) in [5.41, 5.74) is 1.16. The Bertz CT molecular complexity index is 1290. The summed E-state index contributed by atoms with van der Waals surface area (Å²) in [6.07, 6.45) is 0. The van der Waals surface area contributed by atoms with Crippen molar-refractivity contribution < 1.29 is 31.3 Å². The van der Waals surface area contributed by atoms with Crippen LogP contribution in [0.25, 0.3) is 0 Å². The van der Waals surface area contributed by atoms with Crippen LogP contribution in [0.5, 0.6) is 17.2 Å². The first-order valence-electron chi connectivity index (χ1n) is 10.7. The number of hydrogen-bond donors (Lipinski definition) is 0. The molecular formula is C25H24FNO6S. The van der Waals surface area contributed by atoms with Crippen LogP contribution in [-0.2, 0) is 16.7 Å². The molecule has 1 heterocycles. The average molecular weight is 486 g/mol. The third-order valence-electron chi connectivity index (χ3n) is 5.07. The van der Waals surface area contributed by atoms with Gasteiger partial charge in [-0.1, -0.05) is 26.0 Å². The Morgan fingerprint density at radius 2 is 1.76 bits per heavy atom. The number of hydrogen-bond acceptors (Lipinski definition) is 6. The van der Waals surface area contributed by atoms with Crippen LogP contribution in [0.15, 0.2) is 71.6 Å². The molecule has 1 amide bonds. The summed E-state index contributed by atoms with van der Waals surface area (Å²) >= 11 is 0. The first-order chi connectivity index (χ1) is 16.2. The topological polar surface area (TPSA) is 82.1 Å². The summed E-state index contributed by atoms with van der Waals surface area (Å²) in [5, 5.41) is 0. The molecule has 0 aliphatic carbocycles. The summed E-state index contributed by atoms with van der Waals surface area (Å²) in [5.74, 6) is 0.699. The van der Waals surface area contributed by atoms with Gasteiger partial charge in [0.1, 0.15) is 16.5 Å². The minimum atomic E-state index is -4.13. The monoisotopic (exact) mass is 485 g/mol. The molecule has 0 atom stereocenters. The minimum absolute atomic E-state index is 0.0989.